The second-order valence-corrected chi connectivity index (χ2v) is 4.12. The lowest BCUT2D eigenvalue weighted by molar-refractivity contribution is -0.146. The topological polar surface area (TPSA) is 47.6 Å². The summed E-state index contributed by atoms with van der Waals surface area (Å²) < 4.78 is 36.8. The highest BCUT2D eigenvalue weighted by Gasteiger charge is 2.21. The summed E-state index contributed by atoms with van der Waals surface area (Å²) in [7, 11) is 0. The van der Waals surface area contributed by atoms with Gasteiger partial charge in [-0.2, -0.15) is 0 Å². The summed E-state index contributed by atoms with van der Waals surface area (Å²) >= 11 is 0. The molecule has 1 unspecified atom stereocenters. The number of benzene rings is 1. The molecule has 4 nitrogen and oxygen atoms in total. The second kappa shape index (κ2) is 8.47. The lowest BCUT2D eigenvalue weighted by Crippen LogP contribution is -2.43. The SMILES string of the molecule is CCCNC(COc1c(F)cccc1F)C(=O)OCC. The van der Waals surface area contributed by atoms with Gasteiger partial charge in [-0.3, -0.25) is 4.79 Å². The smallest absolute Gasteiger partial charge is 0.326 e. The summed E-state index contributed by atoms with van der Waals surface area (Å²) in [4.78, 5) is 11.7. The Balaban J connectivity index is 2.67. The van der Waals surface area contributed by atoms with Crippen LogP contribution in [0.3, 0.4) is 0 Å². The molecule has 0 spiro atoms. The van der Waals surface area contributed by atoms with Gasteiger partial charge in [-0.15, -0.1) is 0 Å². The average molecular weight is 287 g/mol. The van der Waals surface area contributed by atoms with Crippen LogP contribution in [-0.2, 0) is 9.53 Å². The van der Waals surface area contributed by atoms with E-state index in [0.29, 0.717) is 6.54 Å². The number of rotatable bonds is 8. The highest BCUT2D eigenvalue weighted by molar-refractivity contribution is 5.76. The van der Waals surface area contributed by atoms with Crippen LogP contribution in [0.5, 0.6) is 5.75 Å². The maximum Gasteiger partial charge on any atom is 0.326 e. The number of carbonyl (C=O) groups excluding carboxylic acids is 1. The van der Waals surface area contributed by atoms with E-state index < -0.39 is 29.4 Å². The number of esters is 1. The number of hydrogen-bond acceptors (Lipinski definition) is 4. The van der Waals surface area contributed by atoms with Gasteiger partial charge in [0, 0.05) is 0 Å². The summed E-state index contributed by atoms with van der Waals surface area (Å²) in [6.45, 7) is 4.24. The zero-order valence-electron chi connectivity index (χ0n) is 11.6. The lowest BCUT2D eigenvalue weighted by atomic mass is 10.3. The molecule has 0 radical (unpaired) electrons. The highest BCUT2D eigenvalue weighted by atomic mass is 19.1. The van der Waals surface area contributed by atoms with Crippen LogP contribution in [0, 0.1) is 11.6 Å². The monoisotopic (exact) mass is 287 g/mol. The molecule has 1 N–H and O–H groups in total. The minimum Gasteiger partial charge on any atom is -0.485 e. The Morgan fingerprint density at radius 3 is 2.50 bits per heavy atom. The Bertz CT molecular complexity index is 420. The molecule has 0 amide bonds. The molecule has 0 aliphatic carbocycles. The zero-order chi connectivity index (χ0) is 15.0. The summed E-state index contributed by atoms with van der Waals surface area (Å²) in [5.41, 5.74) is 0. The number of hydrogen-bond donors (Lipinski definition) is 1. The molecule has 1 aromatic carbocycles. The van der Waals surface area contributed by atoms with Crippen molar-refractivity contribution >= 4 is 5.97 Å². The zero-order valence-corrected chi connectivity index (χ0v) is 11.6. The van der Waals surface area contributed by atoms with Crippen LogP contribution in [0.1, 0.15) is 20.3 Å². The van der Waals surface area contributed by atoms with Crippen molar-refractivity contribution in [3.05, 3.63) is 29.8 Å². The maximum atomic E-state index is 13.4. The summed E-state index contributed by atoms with van der Waals surface area (Å²) in [5, 5.41) is 2.92. The summed E-state index contributed by atoms with van der Waals surface area (Å²) in [6.07, 6.45) is 0.809. The van der Waals surface area contributed by atoms with Crippen LogP contribution >= 0.6 is 0 Å². The molecular formula is C14H19F2NO3. The minimum absolute atomic E-state index is 0.198. The van der Waals surface area contributed by atoms with Crippen LogP contribution in [0.4, 0.5) is 8.78 Å². The first-order chi connectivity index (χ1) is 9.60. The van der Waals surface area contributed by atoms with Crippen molar-refractivity contribution in [2.75, 3.05) is 19.8 Å². The average Bonchev–Trinajstić information content (AvgIpc) is 2.41. The molecule has 112 valence electrons. The summed E-state index contributed by atoms with van der Waals surface area (Å²) in [5.74, 6) is -2.59. The van der Waals surface area contributed by atoms with Crippen LogP contribution < -0.4 is 10.1 Å². The first kappa shape index (κ1) is 16.4. The fraction of sp³-hybridized carbons (Fsp3) is 0.500. The Morgan fingerprint density at radius 1 is 1.30 bits per heavy atom. The molecule has 0 fully saturated rings. The largest absolute Gasteiger partial charge is 0.485 e. The van der Waals surface area contributed by atoms with Crippen molar-refractivity contribution in [1.82, 2.24) is 5.32 Å². The lowest BCUT2D eigenvalue weighted by Gasteiger charge is -2.18. The highest BCUT2D eigenvalue weighted by Crippen LogP contribution is 2.20. The standard InChI is InChI=1S/C14H19F2NO3/c1-3-8-17-12(14(18)19-4-2)9-20-13-10(15)6-5-7-11(13)16/h5-7,12,17H,3-4,8-9H2,1-2H3. The van der Waals surface area contributed by atoms with E-state index in [0.717, 1.165) is 18.6 Å². The molecule has 0 aliphatic heterocycles. The number of carbonyl (C=O) groups is 1. The first-order valence-corrected chi connectivity index (χ1v) is 6.57. The van der Waals surface area contributed by atoms with Crippen molar-refractivity contribution in [3.8, 4) is 5.75 Å². The van der Waals surface area contributed by atoms with Crippen LogP contribution in [0.25, 0.3) is 0 Å². The Hall–Kier alpha value is -1.69. The van der Waals surface area contributed by atoms with Crippen molar-refractivity contribution in [1.29, 1.82) is 0 Å². The fourth-order valence-electron chi connectivity index (χ4n) is 1.56. The molecule has 0 saturated heterocycles. The van der Waals surface area contributed by atoms with Gasteiger partial charge >= 0.3 is 5.97 Å². The van der Waals surface area contributed by atoms with Crippen LogP contribution in [-0.4, -0.2) is 31.8 Å². The van der Waals surface area contributed by atoms with Gasteiger partial charge in [0.15, 0.2) is 17.4 Å². The van der Waals surface area contributed by atoms with E-state index in [9.17, 15) is 13.6 Å². The van der Waals surface area contributed by atoms with Gasteiger partial charge in [0.2, 0.25) is 0 Å². The second-order valence-electron chi connectivity index (χ2n) is 4.12. The van der Waals surface area contributed by atoms with E-state index in [1.807, 2.05) is 6.92 Å². The fourth-order valence-corrected chi connectivity index (χ4v) is 1.56. The molecular weight excluding hydrogens is 268 g/mol. The van der Waals surface area contributed by atoms with E-state index in [-0.39, 0.29) is 13.2 Å². The molecule has 0 heterocycles. The quantitative estimate of drug-likeness (QED) is 0.745. The first-order valence-electron chi connectivity index (χ1n) is 6.57. The molecule has 1 aromatic rings. The number of ether oxygens (including phenoxy) is 2. The number of halogens is 2. The maximum absolute atomic E-state index is 13.4. The minimum atomic E-state index is -0.803. The van der Waals surface area contributed by atoms with E-state index in [1.165, 1.54) is 6.07 Å². The third-order valence-electron chi connectivity index (χ3n) is 2.53. The number of para-hydroxylation sites is 1. The molecule has 1 atom stereocenters. The van der Waals surface area contributed by atoms with Gasteiger partial charge in [-0.05, 0) is 32.0 Å². The van der Waals surface area contributed by atoms with Gasteiger partial charge < -0.3 is 14.8 Å². The third kappa shape index (κ3) is 4.77. The molecule has 0 saturated carbocycles. The van der Waals surface area contributed by atoms with Gasteiger partial charge in [0.25, 0.3) is 0 Å². The van der Waals surface area contributed by atoms with E-state index in [2.05, 4.69) is 5.32 Å². The summed E-state index contributed by atoms with van der Waals surface area (Å²) in [6, 6.07) is 2.68. The predicted octanol–water partition coefficient (Wildman–Crippen LogP) is 2.27. The van der Waals surface area contributed by atoms with Crippen molar-refractivity contribution in [2.24, 2.45) is 0 Å². The van der Waals surface area contributed by atoms with Crippen molar-refractivity contribution < 1.29 is 23.0 Å². The van der Waals surface area contributed by atoms with Crippen LogP contribution in [0.2, 0.25) is 0 Å². The van der Waals surface area contributed by atoms with Gasteiger partial charge in [-0.25, -0.2) is 8.78 Å². The number of nitrogens with one attached hydrogen (secondary N) is 1. The Kier molecular flexibility index (Phi) is 6.93. The van der Waals surface area contributed by atoms with E-state index >= 15 is 0 Å². The van der Waals surface area contributed by atoms with E-state index in [1.54, 1.807) is 6.92 Å². The van der Waals surface area contributed by atoms with Crippen molar-refractivity contribution in [3.63, 3.8) is 0 Å². The molecule has 0 aliphatic rings. The molecule has 20 heavy (non-hydrogen) atoms. The normalized spacial score (nSPS) is 12.0. The van der Waals surface area contributed by atoms with Gasteiger partial charge in [-0.1, -0.05) is 13.0 Å². The third-order valence-corrected chi connectivity index (χ3v) is 2.53. The van der Waals surface area contributed by atoms with Crippen LogP contribution in [0.15, 0.2) is 18.2 Å². The van der Waals surface area contributed by atoms with Gasteiger partial charge in [0.05, 0.1) is 6.61 Å². The molecule has 0 bridgehead atoms. The van der Waals surface area contributed by atoms with E-state index in [4.69, 9.17) is 9.47 Å². The Morgan fingerprint density at radius 2 is 1.95 bits per heavy atom. The predicted molar refractivity (Wildman–Crippen MR) is 70.6 cm³/mol. The molecule has 1 rings (SSSR count). The van der Waals surface area contributed by atoms with Crippen molar-refractivity contribution in [2.45, 2.75) is 26.3 Å². The molecule has 6 heteroatoms. The molecule has 0 aromatic heterocycles. The van der Waals surface area contributed by atoms with Gasteiger partial charge in [0.1, 0.15) is 12.6 Å². The Labute approximate surface area is 117 Å².